The highest BCUT2D eigenvalue weighted by Gasteiger charge is 2.33. The first-order valence-corrected chi connectivity index (χ1v) is 14.4. The summed E-state index contributed by atoms with van der Waals surface area (Å²) >= 11 is 24.3. The SMILES string of the molecule is CC[C@@H](C(=O)NC)N(Cc1ccc(Cl)c(Cl)c1)C(=O)CN(c1cccc(Cl)c1)S(=O)(=O)c1ccc(Cl)cc1. The molecule has 0 aliphatic carbocycles. The Morgan fingerprint density at radius 2 is 1.58 bits per heavy atom. The van der Waals surface area contributed by atoms with E-state index in [1.807, 2.05) is 0 Å². The van der Waals surface area contributed by atoms with Crippen LogP contribution in [0.1, 0.15) is 18.9 Å². The van der Waals surface area contributed by atoms with Crippen molar-refractivity contribution in [3.63, 3.8) is 0 Å². The molecule has 38 heavy (non-hydrogen) atoms. The molecule has 7 nitrogen and oxygen atoms in total. The lowest BCUT2D eigenvalue weighted by atomic mass is 10.1. The van der Waals surface area contributed by atoms with E-state index in [0.29, 0.717) is 15.6 Å². The fourth-order valence-electron chi connectivity index (χ4n) is 3.81. The summed E-state index contributed by atoms with van der Waals surface area (Å²) in [5, 5.41) is 3.85. The second kappa shape index (κ2) is 13.0. The lowest BCUT2D eigenvalue weighted by Crippen LogP contribution is -2.51. The normalized spacial score (nSPS) is 12.1. The topological polar surface area (TPSA) is 86.8 Å². The first-order chi connectivity index (χ1) is 18.0. The molecular weight excluding hydrogens is 592 g/mol. The smallest absolute Gasteiger partial charge is 0.264 e. The first kappa shape index (κ1) is 30.1. The van der Waals surface area contributed by atoms with Gasteiger partial charge in [0, 0.05) is 23.6 Å². The molecule has 0 unspecified atom stereocenters. The van der Waals surface area contributed by atoms with Gasteiger partial charge in [-0.15, -0.1) is 0 Å². The maximum absolute atomic E-state index is 13.8. The summed E-state index contributed by atoms with van der Waals surface area (Å²) in [7, 11) is -2.76. The number of hydrogen-bond acceptors (Lipinski definition) is 4. The Morgan fingerprint density at radius 3 is 2.16 bits per heavy atom. The number of nitrogens with zero attached hydrogens (tertiary/aromatic N) is 2. The fraction of sp³-hybridized carbons (Fsp3) is 0.231. The van der Waals surface area contributed by atoms with Gasteiger partial charge >= 0.3 is 0 Å². The molecule has 1 atom stereocenters. The number of carbonyl (C=O) groups is 2. The summed E-state index contributed by atoms with van der Waals surface area (Å²) in [5.74, 6) is -1.00. The van der Waals surface area contributed by atoms with Crippen LogP contribution in [0.3, 0.4) is 0 Å². The third-order valence-corrected chi connectivity index (χ3v) is 8.76. The van der Waals surface area contributed by atoms with Crippen molar-refractivity contribution >= 4 is 73.9 Å². The molecule has 0 fully saturated rings. The molecule has 0 aliphatic rings. The summed E-state index contributed by atoms with van der Waals surface area (Å²) < 4.78 is 28.4. The Kier molecular flexibility index (Phi) is 10.3. The number of nitrogens with one attached hydrogen (secondary N) is 1. The summed E-state index contributed by atoms with van der Waals surface area (Å²) in [6, 6.07) is 15.8. The number of rotatable bonds is 10. The van der Waals surface area contributed by atoms with E-state index >= 15 is 0 Å². The van der Waals surface area contributed by atoms with Crippen molar-refractivity contribution in [2.24, 2.45) is 0 Å². The van der Waals surface area contributed by atoms with E-state index in [4.69, 9.17) is 46.4 Å². The van der Waals surface area contributed by atoms with Gasteiger partial charge in [0.25, 0.3) is 10.0 Å². The molecule has 0 bridgehead atoms. The molecule has 3 rings (SSSR count). The molecule has 1 N–H and O–H groups in total. The van der Waals surface area contributed by atoms with E-state index in [1.165, 1.54) is 48.3 Å². The van der Waals surface area contributed by atoms with Crippen molar-refractivity contribution in [1.29, 1.82) is 0 Å². The number of amides is 2. The summed E-state index contributed by atoms with van der Waals surface area (Å²) in [5.41, 5.74) is 0.799. The van der Waals surface area contributed by atoms with Gasteiger partial charge in [-0.25, -0.2) is 8.42 Å². The van der Waals surface area contributed by atoms with Crippen LogP contribution < -0.4 is 9.62 Å². The summed E-state index contributed by atoms with van der Waals surface area (Å²) in [6.45, 7) is 1.15. The second-order valence-corrected chi connectivity index (χ2v) is 11.8. The predicted octanol–water partition coefficient (Wildman–Crippen LogP) is 6.05. The molecule has 0 aromatic heterocycles. The van der Waals surface area contributed by atoms with Crippen LogP contribution in [0.5, 0.6) is 0 Å². The van der Waals surface area contributed by atoms with Crippen LogP contribution in [0.2, 0.25) is 20.1 Å². The zero-order chi connectivity index (χ0) is 28.0. The summed E-state index contributed by atoms with van der Waals surface area (Å²) in [6.07, 6.45) is 0.286. The highest BCUT2D eigenvalue weighted by molar-refractivity contribution is 7.92. The molecule has 202 valence electrons. The second-order valence-electron chi connectivity index (χ2n) is 8.25. The first-order valence-electron chi connectivity index (χ1n) is 11.5. The number of anilines is 1. The van der Waals surface area contributed by atoms with Gasteiger partial charge in [-0.3, -0.25) is 13.9 Å². The average Bonchev–Trinajstić information content (AvgIpc) is 2.89. The van der Waals surface area contributed by atoms with Crippen LogP contribution in [-0.2, 0) is 26.2 Å². The maximum atomic E-state index is 13.8. The summed E-state index contributed by atoms with van der Waals surface area (Å²) in [4.78, 5) is 27.8. The van der Waals surface area contributed by atoms with Crippen molar-refractivity contribution in [3.8, 4) is 0 Å². The molecule has 3 aromatic rings. The van der Waals surface area contributed by atoms with Gasteiger partial charge < -0.3 is 10.2 Å². The maximum Gasteiger partial charge on any atom is 0.264 e. The Bertz CT molecular complexity index is 1420. The lowest BCUT2D eigenvalue weighted by Gasteiger charge is -2.33. The molecular formula is C26H25Cl4N3O4S. The molecule has 0 saturated carbocycles. The molecule has 3 aromatic carbocycles. The third-order valence-electron chi connectivity index (χ3n) is 5.75. The Balaban J connectivity index is 2.07. The van der Waals surface area contributed by atoms with Crippen LogP contribution in [0.4, 0.5) is 5.69 Å². The van der Waals surface area contributed by atoms with Gasteiger partial charge in [0.15, 0.2) is 0 Å². The fourth-order valence-corrected chi connectivity index (χ4v) is 5.85. The number of likely N-dealkylation sites (N-methyl/N-ethyl adjacent to an activating group) is 1. The van der Waals surface area contributed by atoms with E-state index in [0.717, 1.165) is 4.31 Å². The van der Waals surface area contributed by atoms with Gasteiger partial charge in [-0.1, -0.05) is 65.5 Å². The van der Waals surface area contributed by atoms with Gasteiger partial charge in [0.1, 0.15) is 12.6 Å². The zero-order valence-electron chi connectivity index (χ0n) is 20.5. The van der Waals surface area contributed by atoms with E-state index in [1.54, 1.807) is 37.3 Å². The van der Waals surface area contributed by atoms with Gasteiger partial charge in [0.2, 0.25) is 11.8 Å². The van der Waals surface area contributed by atoms with Crippen LogP contribution in [0, 0.1) is 0 Å². The van der Waals surface area contributed by atoms with Gasteiger partial charge in [0.05, 0.1) is 20.6 Å². The van der Waals surface area contributed by atoms with E-state index < -0.39 is 34.4 Å². The van der Waals surface area contributed by atoms with Gasteiger partial charge in [-0.05, 0) is 66.6 Å². The van der Waals surface area contributed by atoms with Crippen molar-refractivity contribution in [2.45, 2.75) is 30.8 Å². The lowest BCUT2D eigenvalue weighted by molar-refractivity contribution is -0.140. The van der Waals surface area contributed by atoms with Crippen molar-refractivity contribution in [1.82, 2.24) is 10.2 Å². The number of carbonyl (C=O) groups excluding carboxylic acids is 2. The van der Waals surface area contributed by atoms with Crippen LogP contribution >= 0.6 is 46.4 Å². The highest BCUT2D eigenvalue weighted by Crippen LogP contribution is 2.28. The molecule has 0 aliphatic heterocycles. The minimum atomic E-state index is -4.23. The molecule has 0 spiro atoms. The zero-order valence-corrected chi connectivity index (χ0v) is 24.3. The van der Waals surface area contributed by atoms with Crippen molar-refractivity contribution in [2.75, 3.05) is 17.9 Å². The number of hydrogen-bond donors (Lipinski definition) is 1. The predicted molar refractivity (Wildman–Crippen MR) is 153 cm³/mol. The third kappa shape index (κ3) is 7.12. The van der Waals surface area contributed by atoms with Crippen LogP contribution in [-0.4, -0.2) is 44.8 Å². The number of halogens is 4. The highest BCUT2D eigenvalue weighted by atomic mass is 35.5. The van der Waals surface area contributed by atoms with Crippen LogP contribution in [0.15, 0.2) is 71.6 Å². The van der Waals surface area contributed by atoms with E-state index in [9.17, 15) is 18.0 Å². The van der Waals surface area contributed by atoms with Crippen LogP contribution in [0.25, 0.3) is 0 Å². The van der Waals surface area contributed by atoms with E-state index in [2.05, 4.69) is 5.32 Å². The average molecular weight is 617 g/mol. The Labute approximate surface area is 242 Å². The molecule has 0 radical (unpaired) electrons. The van der Waals surface area contributed by atoms with Crippen molar-refractivity contribution < 1.29 is 18.0 Å². The monoisotopic (exact) mass is 615 g/mol. The number of benzene rings is 3. The molecule has 12 heteroatoms. The quantitative estimate of drug-likeness (QED) is 0.300. The Morgan fingerprint density at radius 1 is 0.895 bits per heavy atom. The Hall–Kier alpha value is -2.49. The van der Waals surface area contributed by atoms with Gasteiger partial charge in [-0.2, -0.15) is 0 Å². The van der Waals surface area contributed by atoms with Crippen molar-refractivity contribution in [3.05, 3.63) is 92.4 Å². The molecule has 2 amide bonds. The minimum Gasteiger partial charge on any atom is -0.357 e. The largest absolute Gasteiger partial charge is 0.357 e. The minimum absolute atomic E-state index is 0.00791. The molecule has 0 saturated heterocycles. The standard InChI is InChI=1S/C26H25Cl4N3O4S/c1-3-24(26(35)31-2)32(15-17-7-12-22(29)23(30)13-17)25(34)16-33(20-6-4-5-19(28)14-20)38(36,37)21-10-8-18(27)9-11-21/h4-14,24H,3,15-16H2,1-2H3,(H,31,35)/t24-/m0/s1. The molecule has 0 heterocycles. The number of sulfonamides is 1. The van der Waals surface area contributed by atoms with E-state index in [-0.39, 0.29) is 33.6 Å².